The molecule has 0 saturated heterocycles. The number of carbonyl (C=O) groups excluding carboxylic acids is 2. The summed E-state index contributed by atoms with van der Waals surface area (Å²) in [6.07, 6.45) is 2.67. The van der Waals surface area contributed by atoms with Gasteiger partial charge in [-0.2, -0.15) is 0 Å². The molecule has 10 heteroatoms. The number of hydrogen-bond donors (Lipinski definition) is 4. The van der Waals surface area contributed by atoms with Crippen LogP contribution in [0.1, 0.15) is 41.6 Å². The Kier molecular flexibility index (Phi) is 7.72. The fraction of sp³-hybridized carbons (Fsp3) is 0.250. The van der Waals surface area contributed by atoms with Crippen LogP contribution < -0.4 is 22.2 Å². The zero-order valence-electron chi connectivity index (χ0n) is 20.6. The topological polar surface area (TPSA) is 149 Å². The lowest BCUT2D eigenvalue weighted by molar-refractivity contribution is -0.119. The first-order chi connectivity index (χ1) is 18.1. The van der Waals surface area contributed by atoms with Gasteiger partial charge < -0.3 is 26.3 Å². The number of unbranched alkanes of at least 4 members (excludes halogenated alkanes) is 2. The molecule has 2 amide bonds. The summed E-state index contributed by atoms with van der Waals surface area (Å²) in [4.78, 5) is 35.6. The molecule has 8 nitrogen and oxygen atoms in total. The molecule has 2 aromatic rings. The van der Waals surface area contributed by atoms with E-state index < -0.39 is 34.8 Å². The summed E-state index contributed by atoms with van der Waals surface area (Å²) in [6, 6.07) is 8.48. The van der Waals surface area contributed by atoms with Gasteiger partial charge in [0, 0.05) is 40.8 Å². The van der Waals surface area contributed by atoms with Gasteiger partial charge in [0.25, 0.3) is 5.91 Å². The van der Waals surface area contributed by atoms with Crippen LogP contribution in [0.3, 0.4) is 0 Å². The average Bonchev–Trinajstić information content (AvgIpc) is 2.86. The van der Waals surface area contributed by atoms with E-state index >= 15 is 0 Å². The second kappa shape index (κ2) is 11.0. The van der Waals surface area contributed by atoms with Crippen molar-refractivity contribution < 1.29 is 27.9 Å². The summed E-state index contributed by atoms with van der Waals surface area (Å²) in [7, 11) is 0. The van der Waals surface area contributed by atoms with Gasteiger partial charge in [-0.25, -0.2) is 8.78 Å². The number of aryl methyl sites for hydroxylation is 1. The number of carbonyl (C=O) groups is 2. The number of primary amides is 1. The predicted molar refractivity (Wildman–Crippen MR) is 139 cm³/mol. The largest absolute Gasteiger partial charge is 0.505 e. The quantitative estimate of drug-likeness (QED) is 0.193. The maximum Gasteiger partial charge on any atom is 0.251 e. The number of aromatic hydroxyl groups is 1. The summed E-state index contributed by atoms with van der Waals surface area (Å²) in [6.45, 7) is 2.19. The van der Waals surface area contributed by atoms with Gasteiger partial charge in [0.1, 0.15) is 11.3 Å². The second-order valence-corrected chi connectivity index (χ2v) is 9.20. The minimum atomic E-state index is -0.988. The fourth-order valence-corrected chi connectivity index (χ4v) is 4.39. The molecule has 0 aromatic heterocycles. The number of benzene rings is 3. The normalized spacial score (nSPS) is 12.1. The molecule has 0 saturated carbocycles. The van der Waals surface area contributed by atoms with Gasteiger partial charge in [-0.1, -0.05) is 18.9 Å². The van der Waals surface area contributed by atoms with Crippen LogP contribution in [-0.2, 0) is 4.79 Å². The highest BCUT2D eigenvalue weighted by Crippen LogP contribution is 2.42. The lowest BCUT2D eigenvalue weighted by Crippen LogP contribution is -2.36. The molecular formula is C28H27F2N3O5. The monoisotopic (exact) mass is 523 g/mol. The first-order valence-electron chi connectivity index (χ1n) is 12.1. The fourth-order valence-electron chi connectivity index (χ4n) is 4.39. The number of amides is 2. The molecule has 4 rings (SSSR count). The first kappa shape index (κ1) is 26.7. The van der Waals surface area contributed by atoms with Crippen LogP contribution in [0.15, 0.2) is 51.7 Å². The smallest absolute Gasteiger partial charge is 0.251 e. The average molecular weight is 524 g/mol. The molecule has 6 N–H and O–H groups in total. The summed E-state index contributed by atoms with van der Waals surface area (Å²) in [5.74, 6) is -3.26. The molecule has 1 unspecified atom stereocenters. The Hall–Kier alpha value is -4.31. The van der Waals surface area contributed by atoms with E-state index in [9.17, 15) is 28.3 Å². The number of rotatable bonds is 9. The van der Waals surface area contributed by atoms with Gasteiger partial charge in [0.2, 0.25) is 11.3 Å². The maximum atomic E-state index is 14.3. The molecule has 0 radical (unpaired) electrons. The minimum absolute atomic E-state index is 0.0721. The van der Waals surface area contributed by atoms with E-state index in [-0.39, 0.29) is 28.2 Å². The first-order valence-corrected chi connectivity index (χ1v) is 12.1. The van der Waals surface area contributed by atoms with E-state index in [2.05, 4.69) is 5.32 Å². The van der Waals surface area contributed by atoms with Crippen molar-refractivity contribution in [3.05, 3.63) is 75.4 Å². The zero-order valence-corrected chi connectivity index (χ0v) is 20.6. The lowest BCUT2D eigenvalue weighted by Gasteiger charge is -2.17. The number of nitrogens with one attached hydrogen (secondary N) is 1. The SMILES string of the molecule is Cc1cc(C(=O)NCCCCCC(N)C(N)=O)ccc1-c1c2cc(F)c(=O)cc-2oc2cc(O)c(F)cc12. The highest BCUT2D eigenvalue weighted by atomic mass is 19.1. The number of fused-ring (bicyclic) bond motifs is 2. The predicted octanol–water partition coefficient (Wildman–Crippen LogP) is 3.96. The van der Waals surface area contributed by atoms with Gasteiger partial charge in [-0.3, -0.25) is 14.4 Å². The van der Waals surface area contributed by atoms with E-state index in [0.29, 0.717) is 48.1 Å². The van der Waals surface area contributed by atoms with Crippen LogP contribution in [0.25, 0.3) is 33.4 Å². The number of phenolic OH excluding ortho intramolecular Hbond substituents is 1. The van der Waals surface area contributed by atoms with Crippen LogP contribution in [0, 0.1) is 18.6 Å². The highest BCUT2D eigenvalue weighted by Gasteiger charge is 2.22. The Morgan fingerprint density at radius 1 is 1.03 bits per heavy atom. The Morgan fingerprint density at radius 3 is 2.50 bits per heavy atom. The number of phenols is 1. The standard InChI is InChI=1S/C28H27F2N3O5/c1-14-9-15(28(37)33-8-4-2-3-5-21(31)27(32)36)6-7-16(14)26-17-10-19(29)22(34)12-24(17)38-25-13-23(35)20(30)11-18(25)26/h6-7,9-13,21,34H,2-5,8,31H2,1H3,(H2,32,36)(H,33,37). The van der Waals surface area contributed by atoms with Crippen LogP contribution in [0.2, 0.25) is 0 Å². The van der Waals surface area contributed by atoms with Crippen molar-refractivity contribution in [3.63, 3.8) is 0 Å². The van der Waals surface area contributed by atoms with Gasteiger partial charge in [0.05, 0.1) is 6.04 Å². The van der Waals surface area contributed by atoms with E-state index in [1.807, 2.05) is 0 Å². The Bertz CT molecular complexity index is 1570. The third-order valence-electron chi connectivity index (χ3n) is 6.44. The third kappa shape index (κ3) is 5.50. The molecule has 0 fully saturated rings. The van der Waals surface area contributed by atoms with Crippen molar-refractivity contribution >= 4 is 22.8 Å². The van der Waals surface area contributed by atoms with Crippen LogP contribution in [0.4, 0.5) is 8.78 Å². The molecule has 0 spiro atoms. The van der Waals surface area contributed by atoms with Crippen molar-refractivity contribution in [2.24, 2.45) is 11.5 Å². The van der Waals surface area contributed by atoms with Crippen LogP contribution in [-0.4, -0.2) is 29.5 Å². The van der Waals surface area contributed by atoms with Crippen molar-refractivity contribution in [2.45, 2.75) is 38.6 Å². The molecular weight excluding hydrogens is 496 g/mol. The molecule has 2 aliphatic rings. The van der Waals surface area contributed by atoms with Crippen LogP contribution in [0.5, 0.6) is 5.75 Å². The van der Waals surface area contributed by atoms with Gasteiger partial charge in [0.15, 0.2) is 17.4 Å². The van der Waals surface area contributed by atoms with E-state index in [1.165, 1.54) is 0 Å². The van der Waals surface area contributed by atoms with Crippen LogP contribution >= 0.6 is 0 Å². The van der Waals surface area contributed by atoms with E-state index in [0.717, 1.165) is 30.7 Å². The molecule has 1 atom stereocenters. The van der Waals surface area contributed by atoms with Crippen molar-refractivity contribution in [3.8, 4) is 28.2 Å². The van der Waals surface area contributed by atoms with Crippen molar-refractivity contribution in [1.82, 2.24) is 5.32 Å². The second-order valence-electron chi connectivity index (χ2n) is 9.20. The Morgan fingerprint density at radius 2 is 1.79 bits per heavy atom. The Balaban J connectivity index is 1.60. The minimum Gasteiger partial charge on any atom is -0.505 e. The Labute approximate surface area is 216 Å². The number of nitrogens with two attached hydrogens (primary N) is 2. The molecule has 0 bridgehead atoms. The summed E-state index contributed by atoms with van der Waals surface area (Å²) < 4.78 is 34.3. The van der Waals surface area contributed by atoms with E-state index in [1.54, 1.807) is 25.1 Å². The summed E-state index contributed by atoms with van der Waals surface area (Å²) >= 11 is 0. The summed E-state index contributed by atoms with van der Waals surface area (Å²) in [5, 5.41) is 13.0. The number of halogens is 2. The molecule has 198 valence electrons. The molecule has 2 aromatic carbocycles. The molecule has 1 heterocycles. The maximum absolute atomic E-state index is 14.3. The zero-order chi connectivity index (χ0) is 27.6. The van der Waals surface area contributed by atoms with Gasteiger partial charge in [-0.15, -0.1) is 0 Å². The lowest BCUT2D eigenvalue weighted by atomic mass is 9.90. The van der Waals surface area contributed by atoms with Gasteiger partial charge >= 0.3 is 0 Å². The molecule has 1 aliphatic carbocycles. The highest BCUT2D eigenvalue weighted by molar-refractivity contribution is 6.03. The van der Waals surface area contributed by atoms with Crippen molar-refractivity contribution in [2.75, 3.05) is 6.54 Å². The molecule has 1 aliphatic heterocycles. The number of hydrogen-bond acceptors (Lipinski definition) is 6. The summed E-state index contributed by atoms with van der Waals surface area (Å²) in [5.41, 5.74) is 12.2. The third-order valence-corrected chi connectivity index (χ3v) is 6.44. The molecule has 38 heavy (non-hydrogen) atoms. The van der Waals surface area contributed by atoms with Gasteiger partial charge in [-0.05, 0) is 55.2 Å². The van der Waals surface area contributed by atoms with Crippen molar-refractivity contribution in [1.29, 1.82) is 0 Å². The van der Waals surface area contributed by atoms with E-state index in [4.69, 9.17) is 15.9 Å².